The summed E-state index contributed by atoms with van der Waals surface area (Å²) in [6, 6.07) is 1.84. The van der Waals surface area contributed by atoms with Crippen LogP contribution in [0, 0.1) is 5.92 Å². The second-order valence-corrected chi connectivity index (χ2v) is 4.47. The van der Waals surface area contributed by atoms with E-state index in [0.29, 0.717) is 17.5 Å². The fraction of sp³-hybridized carbons (Fsp3) is 0.500. The Morgan fingerprint density at radius 2 is 2.21 bits per heavy atom. The molecule has 0 spiro atoms. The van der Waals surface area contributed by atoms with E-state index < -0.39 is 0 Å². The predicted molar refractivity (Wildman–Crippen MR) is 61.4 cm³/mol. The quantitative estimate of drug-likeness (QED) is 0.907. The number of hydrogen-bond donors (Lipinski definition) is 1. The molecule has 0 unspecified atom stereocenters. The summed E-state index contributed by atoms with van der Waals surface area (Å²) >= 11 is 3.44. The molecule has 3 nitrogen and oxygen atoms in total. The summed E-state index contributed by atoms with van der Waals surface area (Å²) in [6.45, 7) is 4.30. The van der Waals surface area contributed by atoms with Gasteiger partial charge in [-0.2, -0.15) is 0 Å². The molecule has 0 aliphatic rings. The molecule has 4 heteroatoms. The summed E-state index contributed by atoms with van der Waals surface area (Å²) in [4.78, 5) is 4.34. The van der Waals surface area contributed by atoms with Crippen LogP contribution in [0.2, 0.25) is 0 Å². The van der Waals surface area contributed by atoms with Crippen LogP contribution in [0.5, 0.6) is 5.88 Å². The number of anilines is 1. The van der Waals surface area contributed by atoms with Crippen LogP contribution >= 0.6 is 15.9 Å². The smallest absolute Gasteiger partial charge is 0.237 e. The minimum Gasteiger partial charge on any atom is -0.480 e. The number of pyridine rings is 1. The Labute approximate surface area is 92.8 Å². The van der Waals surface area contributed by atoms with Crippen molar-refractivity contribution >= 4 is 21.6 Å². The van der Waals surface area contributed by atoms with E-state index in [1.54, 1.807) is 7.11 Å². The second kappa shape index (κ2) is 4.64. The number of rotatable bonds is 3. The van der Waals surface area contributed by atoms with Crippen molar-refractivity contribution in [1.29, 1.82) is 0 Å². The Morgan fingerprint density at radius 3 is 2.71 bits per heavy atom. The largest absolute Gasteiger partial charge is 0.480 e. The number of nitrogens with two attached hydrogens (primary N) is 1. The van der Waals surface area contributed by atoms with Crippen molar-refractivity contribution in [3.05, 3.63) is 16.2 Å². The average molecular weight is 259 g/mol. The van der Waals surface area contributed by atoms with Gasteiger partial charge < -0.3 is 10.5 Å². The molecule has 2 N–H and O–H groups in total. The lowest BCUT2D eigenvalue weighted by molar-refractivity contribution is 0.397. The highest BCUT2D eigenvalue weighted by Gasteiger charge is 2.09. The molecule has 0 radical (unpaired) electrons. The van der Waals surface area contributed by atoms with Crippen molar-refractivity contribution in [2.45, 2.75) is 20.3 Å². The van der Waals surface area contributed by atoms with Gasteiger partial charge in [0.1, 0.15) is 0 Å². The van der Waals surface area contributed by atoms with Gasteiger partial charge in [-0.3, -0.25) is 0 Å². The van der Waals surface area contributed by atoms with Crippen molar-refractivity contribution in [3.8, 4) is 5.88 Å². The summed E-state index contributed by atoms with van der Waals surface area (Å²) < 4.78 is 6.01. The molecule has 0 fully saturated rings. The number of halogens is 1. The van der Waals surface area contributed by atoms with Crippen LogP contribution in [0.15, 0.2) is 10.5 Å². The summed E-state index contributed by atoms with van der Waals surface area (Å²) in [7, 11) is 1.58. The minimum absolute atomic E-state index is 0.504. The van der Waals surface area contributed by atoms with Gasteiger partial charge >= 0.3 is 0 Å². The zero-order valence-corrected chi connectivity index (χ0v) is 10.3. The third-order valence-electron chi connectivity index (χ3n) is 1.84. The van der Waals surface area contributed by atoms with Gasteiger partial charge in [-0.1, -0.05) is 13.8 Å². The van der Waals surface area contributed by atoms with Crippen molar-refractivity contribution in [1.82, 2.24) is 4.98 Å². The zero-order valence-electron chi connectivity index (χ0n) is 8.67. The van der Waals surface area contributed by atoms with Crippen molar-refractivity contribution in [2.24, 2.45) is 5.92 Å². The van der Waals surface area contributed by atoms with E-state index in [-0.39, 0.29) is 0 Å². The molecule has 1 aromatic heterocycles. The lowest BCUT2D eigenvalue weighted by Crippen LogP contribution is -2.03. The van der Waals surface area contributed by atoms with Crippen LogP contribution < -0.4 is 10.5 Å². The molecule has 0 saturated carbocycles. The maximum atomic E-state index is 5.71. The van der Waals surface area contributed by atoms with Crippen LogP contribution in [-0.2, 0) is 6.42 Å². The highest BCUT2D eigenvalue weighted by Crippen LogP contribution is 2.26. The van der Waals surface area contributed by atoms with E-state index in [1.165, 1.54) is 0 Å². The van der Waals surface area contributed by atoms with Crippen LogP contribution in [0.1, 0.15) is 19.5 Å². The summed E-state index contributed by atoms with van der Waals surface area (Å²) in [5, 5.41) is 0. The molecule has 78 valence electrons. The number of ether oxygens (including phenoxy) is 1. The van der Waals surface area contributed by atoms with E-state index in [0.717, 1.165) is 16.6 Å². The van der Waals surface area contributed by atoms with E-state index in [9.17, 15) is 0 Å². The van der Waals surface area contributed by atoms with Gasteiger partial charge in [0.15, 0.2) is 0 Å². The van der Waals surface area contributed by atoms with Crippen LogP contribution in [0.25, 0.3) is 0 Å². The first kappa shape index (κ1) is 11.3. The molecule has 0 aliphatic heterocycles. The van der Waals surface area contributed by atoms with Gasteiger partial charge in [0.05, 0.1) is 18.5 Å². The molecule has 0 bridgehead atoms. The van der Waals surface area contributed by atoms with Crippen molar-refractivity contribution in [2.75, 3.05) is 12.8 Å². The van der Waals surface area contributed by atoms with Gasteiger partial charge in [-0.25, -0.2) is 4.98 Å². The number of nitrogens with zero attached hydrogens (tertiary/aromatic N) is 1. The number of nitrogen functional groups attached to an aromatic ring is 1. The molecular weight excluding hydrogens is 244 g/mol. The first-order chi connectivity index (χ1) is 6.54. The van der Waals surface area contributed by atoms with E-state index in [1.807, 2.05) is 6.07 Å². The minimum atomic E-state index is 0.504. The molecular formula is C10H15BrN2O. The van der Waals surface area contributed by atoms with Crippen molar-refractivity contribution < 1.29 is 4.74 Å². The molecule has 0 amide bonds. The highest BCUT2D eigenvalue weighted by atomic mass is 79.9. The lowest BCUT2D eigenvalue weighted by atomic mass is 10.1. The fourth-order valence-corrected chi connectivity index (χ4v) is 1.71. The zero-order chi connectivity index (χ0) is 10.7. The van der Waals surface area contributed by atoms with Gasteiger partial charge in [0.2, 0.25) is 5.88 Å². The molecule has 0 aliphatic carbocycles. The maximum Gasteiger partial charge on any atom is 0.237 e. The molecule has 0 atom stereocenters. The maximum absolute atomic E-state index is 5.71. The lowest BCUT2D eigenvalue weighted by Gasteiger charge is -2.10. The van der Waals surface area contributed by atoms with Crippen LogP contribution in [0.3, 0.4) is 0 Å². The van der Waals surface area contributed by atoms with Gasteiger partial charge in [0, 0.05) is 4.47 Å². The molecule has 1 heterocycles. The third-order valence-corrected chi connectivity index (χ3v) is 2.52. The molecule has 1 aromatic rings. The first-order valence-electron chi connectivity index (χ1n) is 4.53. The average Bonchev–Trinajstić information content (AvgIpc) is 2.09. The number of methoxy groups -OCH3 is 1. The number of aromatic nitrogens is 1. The van der Waals surface area contributed by atoms with E-state index >= 15 is 0 Å². The Bertz CT molecular complexity index is 326. The summed E-state index contributed by atoms with van der Waals surface area (Å²) in [5.41, 5.74) is 7.27. The summed E-state index contributed by atoms with van der Waals surface area (Å²) in [6.07, 6.45) is 0.914. The highest BCUT2D eigenvalue weighted by molar-refractivity contribution is 9.10. The predicted octanol–water partition coefficient (Wildman–Crippen LogP) is 2.63. The Hall–Kier alpha value is -0.770. The SMILES string of the molecule is COc1nc(CC(C)C)c(Br)cc1N. The normalized spacial score (nSPS) is 10.6. The molecule has 0 saturated heterocycles. The topological polar surface area (TPSA) is 48.1 Å². The molecule has 14 heavy (non-hydrogen) atoms. The second-order valence-electron chi connectivity index (χ2n) is 3.61. The van der Waals surface area contributed by atoms with Gasteiger partial charge in [0.25, 0.3) is 0 Å². The van der Waals surface area contributed by atoms with Gasteiger partial charge in [-0.05, 0) is 34.3 Å². The van der Waals surface area contributed by atoms with Crippen LogP contribution in [-0.4, -0.2) is 12.1 Å². The van der Waals surface area contributed by atoms with Crippen LogP contribution in [0.4, 0.5) is 5.69 Å². The van der Waals surface area contributed by atoms with Gasteiger partial charge in [-0.15, -0.1) is 0 Å². The van der Waals surface area contributed by atoms with E-state index in [4.69, 9.17) is 10.5 Å². The molecule has 0 aromatic carbocycles. The third kappa shape index (κ3) is 2.61. The molecule has 1 rings (SSSR count). The fourth-order valence-electron chi connectivity index (χ4n) is 1.22. The summed E-state index contributed by atoms with van der Waals surface area (Å²) in [5.74, 6) is 1.07. The van der Waals surface area contributed by atoms with E-state index in [2.05, 4.69) is 34.8 Å². The Balaban J connectivity index is 3.04. The first-order valence-corrected chi connectivity index (χ1v) is 5.32. The Kier molecular flexibility index (Phi) is 3.75. The Morgan fingerprint density at radius 1 is 1.57 bits per heavy atom. The number of hydrogen-bond acceptors (Lipinski definition) is 3. The standard InChI is InChI=1S/C10H15BrN2O/c1-6(2)4-9-7(11)5-8(12)10(13-9)14-3/h5-6H,4,12H2,1-3H3. The monoisotopic (exact) mass is 258 g/mol. The van der Waals surface area contributed by atoms with Crippen molar-refractivity contribution in [3.63, 3.8) is 0 Å².